The first-order valence-electron chi connectivity index (χ1n) is 5.51. The van der Waals surface area contributed by atoms with E-state index >= 15 is 0 Å². The third-order valence-electron chi connectivity index (χ3n) is 3.35. The largest absolute Gasteiger partial charge is 0.345 e. The van der Waals surface area contributed by atoms with Gasteiger partial charge in [0.15, 0.2) is 0 Å². The van der Waals surface area contributed by atoms with Crippen molar-refractivity contribution in [1.82, 2.24) is 4.57 Å². The van der Waals surface area contributed by atoms with E-state index in [2.05, 4.69) is 35.8 Å². The number of fused-ring (bicyclic) bond motifs is 3. The highest BCUT2D eigenvalue weighted by molar-refractivity contribution is 5.86. The van der Waals surface area contributed by atoms with Crippen molar-refractivity contribution >= 4 is 10.9 Å². The van der Waals surface area contributed by atoms with Crippen LogP contribution in [-0.4, -0.2) is 4.57 Å². The molecule has 14 heavy (non-hydrogen) atoms. The minimum atomic E-state index is 1.11. The lowest BCUT2D eigenvalue weighted by atomic mass is 10.1. The number of hydrogen-bond donors (Lipinski definition) is 0. The molecule has 0 radical (unpaired) electrons. The molecule has 1 aromatic carbocycles. The highest BCUT2D eigenvalue weighted by Gasteiger charge is 2.19. The van der Waals surface area contributed by atoms with Gasteiger partial charge < -0.3 is 4.57 Å². The number of para-hydroxylation sites is 1. The van der Waals surface area contributed by atoms with Crippen LogP contribution in [0.5, 0.6) is 0 Å². The number of aromatic nitrogens is 1. The molecule has 0 atom stereocenters. The molecule has 0 saturated heterocycles. The van der Waals surface area contributed by atoms with Gasteiger partial charge in [-0.25, -0.2) is 0 Å². The zero-order chi connectivity index (χ0) is 9.54. The van der Waals surface area contributed by atoms with Gasteiger partial charge in [0.25, 0.3) is 0 Å². The molecule has 1 aromatic heterocycles. The van der Waals surface area contributed by atoms with Crippen molar-refractivity contribution in [3.05, 3.63) is 35.5 Å². The van der Waals surface area contributed by atoms with Crippen molar-refractivity contribution in [2.24, 2.45) is 0 Å². The summed E-state index contributed by atoms with van der Waals surface area (Å²) in [5.74, 6) is 0. The van der Waals surface area contributed by atoms with Crippen molar-refractivity contribution < 1.29 is 0 Å². The number of nitrogens with zero attached hydrogens (tertiary/aromatic N) is 1. The Bertz CT molecular complexity index is 464. The third kappa shape index (κ3) is 0.899. The van der Waals surface area contributed by atoms with Crippen LogP contribution in [0, 0.1) is 0 Å². The Hall–Kier alpha value is -1.24. The first kappa shape index (κ1) is 8.10. The molecule has 0 bridgehead atoms. The standard InChI is InChI=1S/C13H15N/c1-2-14-12-8-4-3-6-10(12)11-7-5-9-13(11)14/h3-4,6,8H,2,5,7,9H2,1H3. The molecule has 0 saturated carbocycles. The third-order valence-corrected chi connectivity index (χ3v) is 3.35. The van der Waals surface area contributed by atoms with E-state index in [0.29, 0.717) is 0 Å². The maximum Gasteiger partial charge on any atom is 0.0485 e. The molecule has 1 aliphatic carbocycles. The lowest BCUT2D eigenvalue weighted by Crippen LogP contribution is -1.98. The number of benzene rings is 1. The van der Waals surface area contributed by atoms with E-state index in [4.69, 9.17) is 0 Å². The van der Waals surface area contributed by atoms with E-state index in [1.54, 1.807) is 11.3 Å². The molecule has 0 spiro atoms. The summed E-state index contributed by atoms with van der Waals surface area (Å²) in [6, 6.07) is 8.81. The molecule has 3 rings (SSSR count). The number of rotatable bonds is 1. The minimum Gasteiger partial charge on any atom is -0.345 e. The SMILES string of the molecule is CCn1c2c(c3ccccc31)CCC2. The van der Waals surface area contributed by atoms with Crippen molar-refractivity contribution in [2.45, 2.75) is 32.7 Å². The second kappa shape index (κ2) is 2.88. The summed E-state index contributed by atoms with van der Waals surface area (Å²) in [5.41, 5.74) is 4.64. The minimum absolute atomic E-state index is 1.11. The predicted octanol–water partition coefficient (Wildman–Crippen LogP) is 3.15. The van der Waals surface area contributed by atoms with Gasteiger partial charge in [-0.05, 0) is 37.8 Å². The molecule has 0 fully saturated rings. The molecule has 0 amide bonds. The Labute approximate surface area is 84.4 Å². The zero-order valence-corrected chi connectivity index (χ0v) is 8.59. The van der Waals surface area contributed by atoms with E-state index < -0.39 is 0 Å². The number of aryl methyl sites for hydroxylation is 2. The van der Waals surface area contributed by atoms with Gasteiger partial charge in [0.1, 0.15) is 0 Å². The molecular formula is C13H15N. The van der Waals surface area contributed by atoms with Crippen LogP contribution in [0.2, 0.25) is 0 Å². The highest BCUT2D eigenvalue weighted by Crippen LogP contribution is 2.32. The fraction of sp³-hybridized carbons (Fsp3) is 0.385. The van der Waals surface area contributed by atoms with E-state index in [0.717, 1.165) is 6.54 Å². The lowest BCUT2D eigenvalue weighted by Gasteiger charge is -2.04. The van der Waals surface area contributed by atoms with Crippen molar-refractivity contribution in [3.63, 3.8) is 0 Å². The van der Waals surface area contributed by atoms with Gasteiger partial charge in [-0.3, -0.25) is 0 Å². The van der Waals surface area contributed by atoms with Crippen LogP contribution in [0.4, 0.5) is 0 Å². The summed E-state index contributed by atoms with van der Waals surface area (Å²) in [6.45, 7) is 3.35. The zero-order valence-electron chi connectivity index (χ0n) is 8.59. The molecule has 1 heteroatoms. The smallest absolute Gasteiger partial charge is 0.0485 e. The van der Waals surface area contributed by atoms with Crippen LogP contribution in [0.3, 0.4) is 0 Å². The Morgan fingerprint density at radius 3 is 2.93 bits per heavy atom. The van der Waals surface area contributed by atoms with Gasteiger partial charge >= 0.3 is 0 Å². The Morgan fingerprint density at radius 1 is 1.21 bits per heavy atom. The molecule has 72 valence electrons. The van der Waals surface area contributed by atoms with Crippen LogP contribution in [0.1, 0.15) is 24.6 Å². The molecule has 1 nitrogen and oxygen atoms in total. The van der Waals surface area contributed by atoms with Crippen LogP contribution >= 0.6 is 0 Å². The van der Waals surface area contributed by atoms with Gasteiger partial charge in [-0.15, -0.1) is 0 Å². The van der Waals surface area contributed by atoms with Crippen molar-refractivity contribution in [3.8, 4) is 0 Å². The second-order valence-electron chi connectivity index (χ2n) is 4.04. The normalized spacial score (nSPS) is 14.9. The summed E-state index contributed by atoms with van der Waals surface area (Å²) in [4.78, 5) is 0. The molecular weight excluding hydrogens is 170 g/mol. The maximum atomic E-state index is 2.48. The molecule has 0 unspecified atom stereocenters. The van der Waals surface area contributed by atoms with Crippen molar-refractivity contribution in [1.29, 1.82) is 0 Å². The van der Waals surface area contributed by atoms with Gasteiger partial charge in [-0.2, -0.15) is 0 Å². The van der Waals surface area contributed by atoms with Gasteiger partial charge in [0.2, 0.25) is 0 Å². The monoisotopic (exact) mass is 185 g/mol. The fourth-order valence-corrected chi connectivity index (χ4v) is 2.79. The Morgan fingerprint density at radius 2 is 2.07 bits per heavy atom. The van der Waals surface area contributed by atoms with E-state index in [1.165, 1.54) is 30.2 Å². The predicted molar refractivity (Wildman–Crippen MR) is 59.6 cm³/mol. The van der Waals surface area contributed by atoms with Crippen LogP contribution in [0.25, 0.3) is 10.9 Å². The van der Waals surface area contributed by atoms with Crippen LogP contribution in [-0.2, 0) is 19.4 Å². The molecule has 1 aliphatic rings. The van der Waals surface area contributed by atoms with Crippen LogP contribution < -0.4 is 0 Å². The van der Waals surface area contributed by atoms with Crippen molar-refractivity contribution in [2.75, 3.05) is 0 Å². The second-order valence-corrected chi connectivity index (χ2v) is 4.04. The molecule has 2 aromatic rings. The average molecular weight is 185 g/mol. The van der Waals surface area contributed by atoms with E-state index in [1.807, 2.05) is 0 Å². The summed E-state index contributed by atoms with van der Waals surface area (Å²) in [5, 5.41) is 1.49. The first-order chi connectivity index (χ1) is 6.92. The fourth-order valence-electron chi connectivity index (χ4n) is 2.79. The lowest BCUT2D eigenvalue weighted by molar-refractivity contribution is 0.739. The van der Waals surface area contributed by atoms with Gasteiger partial charge in [0.05, 0.1) is 0 Å². The van der Waals surface area contributed by atoms with E-state index in [-0.39, 0.29) is 0 Å². The first-order valence-corrected chi connectivity index (χ1v) is 5.51. The Balaban J connectivity index is 2.43. The Kier molecular flexibility index (Phi) is 1.66. The summed E-state index contributed by atoms with van der Waals surface area (Å²) in [7, 11) is 0. The molecule has 1 heterocycles. The average Bonchev–Trinajstić information content (AvgIpc) is 2.77. The molecule has 0 N–H and O–H groups in total. The van der Waals surface area contributed by atoms with E-state index in [9.17, 15) is 0 Å². The highest BCUT2D eigenvalue weighted by atomic mass is 15.0. The maximum absolute atomic E-state index is 2.48. The topological polar surface area (TPSA) is 4.93 Å². The summed E-state index contributed by atoms with van der Waals surface area (Å²) < 4.78 is 2.48. The summed E-state index contributed by atoms with van der Waals surface area (Å²) in [6.07, 6.45) is 3.90. The van der Waals surface area contributed by atoms with Crippen LogP contribution in [0.15, 0.2) is 24.3 Å². The molecule has 0 aliphatic heterocycles. The van der Waals surface area contributed by atoms with Gasteiger partial charge in [-0.1, -0.05) is 18.2 Å². The summed E-state index contributed by atoms with van der Waals surface area (Å²) >= 11 is 0. The van der Waals surface area contributed by atoms with Gasteiger partial charge in [0, 0.05) is 23.1 Å². The quantitative estimate of drug-likeness (QED) is 0.643. The number of hydrogen-bond acceptors (Lipinski definition) is 0.